The number of ether oxygens (including phenoxy) is 1. The average molecular weight is 365 g/mol. The van der Waals surface area contributed by atoms with E-state index in [2.05, 4.69) is 0 Å². The minimum absolute atomic E-state index is 0.111. The lowest BCUT2D eigenvalue weighted by atomic mass is 9.93. The first-order valence-electron chi connectivity index (χ1n) is 8.70. The predicted molar refractivity (Wildman–Crippen MR) is 99.8 cm³/mol. The minimum Gasteiger partial charge on any atom is -0.462 e. The van der Waals surface area contributed by atoms with Crippen LogP contribution in [0.3, 0.4) is 0 Å². The molecule has 1 aliphatic rings. The molecule has 2 aromatic rings. The van der Waals surface area contributed by atoms with Crippen LogP contribution in [0.4, 0.5) is 5.69 Å². The number of anilines is 1. The van der Waals surface area contributed by atoms with E-state index in [-0.39, 0.29) is 18.0 Å². The maximum Gasteiger partial charge on any atom is 0.342 e. The van der Waals surface area contributed by atoms with Crippen molar-refractivity contribution in [2.24, 2.45) is 0 Å². The first kappa shape index (κ1) is 18.5. The second kappa shape index (κ2) is 7.53. The fourth-order valence-corrected chi connectivity index (χ4v) is 3.13. The van der Waals surface area contributed by atoms with Crippen molar-refractivity contribution in [1.29, 1.82) is 0 Å². The highest BCUT2D eigenvalue weighted by atomic mass is 16.5. The third-order valence-electron chi connectivity index (χ3n) is 4.39. The summed E-state index contributed by atoms with van der Waals surface area (Å²) in [6, 6.07) is 11.6. The summed E-state index contributed by atoms with van der Waals surface area (Å²) >= 11 is 0. The Morgan fingerprint density at radius 1 is 1.11 bits per heavy atom. The average Bonchev–Trinajstić information content (AvgIpc) is 2.68. The number of Topliss-reactive ketones (excluding diaryl/α,β-unsaturated/α-hetero) is 2. The van der Waals surface area contributed by atoms with Gasteiger partial charge in [0.05, 0.1) is 6.61 Å². The second-order valence-electron chi connectivity index (χ2n) is 6.35. The lowest BCUT2D eigenvalue weighted by Crippen LogP contribution is -2.52. The molecule has 1 aromatic carbocycles. The first-order chi connectivity index (χ1) is 13.0. The number of rotatable bonds is 5. The molecule has 6 heteroatoms. The number of carbonyl (C=O) groups excluding carboxylic acids is 3. The Kier molecular flexibility index (Phi) is 5.16. The zero-order chi connectivity index (χ0) is 19.6. The molecule has 0 saturated carbocycles. The first-order valence-corrected chi connectivity index (χ1v) is 8.70. The third kappa shape index (κ3) is 3.38. The maximum atomic E-state index is 13.1. The van der Waals surface area contributed by atoms with Gasteiger partial charge in [0.1, 0.15) is 11.3 Å². The topological polar surface area (TPSA) is 67.6 Å². The van der Waals surface area contributed by atoms with E-state index in [1.54, 1.807) is 73.1 Å². The molecule has 1 unspecified atom stereocenters. The van der Waals surface area contributed by atoms with Gasteiger partial charge in [0.2, 0.25) is 11.8 Å². The molecule has 0 radical (unpaired) electrons. The number of allylic oxidation sites excluding steroid dienone is 1. The van der Waals surface area contributed by atoms with Gasteiger partial charge in [-0.3, -0.25) is 9.59 Å². The normalized spacial score (nSPS) is 15.6. The van der Waals surface area contributed by atoms with E-state index >= 15 is 0 Å². The molecule has 0 bridgehead atoms. The molecule has 1 aliphatic heterocycles. The van der Waals surface area contributed by atoms with Crippen LogP contribution in [-0.2, 0) is 9.53 Å². The van der Waals surface area contributed by atoms with Gasteiger partial charge in [-0.25, -0.2) is 4.79 Å². The standard InChI is InChI=1S/C21H21N2O4/c1-4-27-21(26)15-13-17(19(24)14-9-6-5-7-10-14)23-12-8-11-16(22(2)3)18(23)20(15)25/h5-13,17H,4H2,1-3H3/q+1. The highest BCUT2D eigenvalue weighted by molar-refractivity contribution is 6.25. The van der Waals surface area contributed by atoms with Gasteiger partial charge in [-0.05, 0) is 13.0 Å². The minimum atomic E-state index is -0.806. The SMILES string of the molecule is CCOC(=O)C1=CC(C(=O)c2ccccc2)[n+]2cccc(N(C)C)c2C1=O. The third-order valence-corrected chi connectivity index (χ3v) is 4.39. The Hall–Kier alpha value is -3.28. The molecule has 0 fully saturated rings. The Bertz CT molecular complexity index is 932. The summed E-state index contributed by atoms with van der Waals surface area (Å²) in [6.45, 7) is 1.82. The number of fused-ring (bicyclic) bond motifs is 1. The molecular weight excluding hydrogens is 344 g/mol. The van der Waals surface area contributed by atoms with Gasteiger partial charge >= 0.3 is 5.97 Å². The quantitative estimate of drug-likeness (QED) is 0.352. The molecule has 2 heterocycles. The molecule has 27 heavy (non-hydrogen) atoms. The van der Waals surface area contributed by atoms with Crippen LogP contribution < -0.4 is 9.47 Å². The number of esters is 1. The molecule has 138 valence electrons. The van der Waals surface area contributed by atoms with Crippen LogP contribution in [0.15, 0.2) is 60.3 Å². The number of carbonyl (C=O) groups is 3. The number of pyridine rings is 1. The summed E-state index contributed by atoms with van der Waals surface area (Å²) in [4.78, 5) is 40.3. The highest BCUT2D eigenvalue weighted by Crippen LogP contribution is 2.26. The Labute approximate surface area is 157 Å². The fourth-order valence-electron chi connectivity index (χ4n) is 3.13. The van der Waals surface area contributed by atoms with Crippen LogP contribution >= 0.6 is 0 Å². The van der Waals surface area contributed by atoms with Gasteiger partial charge in [-0.2, -0.15) is 4.57 Å². The summed E-state index contributed by atoms with van der Waals surface area (Å²) in [6.07, 6.45) is 3.09. The van der Waals surface area contributed by atoms with E-state index in [1.165, 1.54) is 6.08 Å². The number of ketones is 2. The van der Waals surface area contributed by atoms with Crippen molar-refractivity contribution in [3.63, 3.8) is 0 Å². The number of nitrogens with zero attached hydrogens (tertiary/aromatic N) is 2. The summed E-state index contributed by atoms with van der Waals surface area (Å²) in [5, 5.41) is 0. The van der Waals surface area contributed by atoms with Crippen LogP contribution in [0.1, 0.15) is 33.8 Å². The maximum absolute atomic E-state index is 13.1. The van der Waals surface area contributed by atoms with E-state index in [4.69, 9.17) is 4.74 Å². The van der Waals surface area contributed by atoms with Gasteiger partial charge in [0.25, 0.3) is 11.5 Å². The molecular formula is C21H21N2O4+. The molecule has 0 aliphatic carbocycles. The van der Waals surface area contributed by atoms with Crippen molar-refractivity contribution in [3.8, 4) is 0 Å². The number of benzene rings is 1. The Balaban J connectivity index is 2.19. The van der Waals surface area contributed by atoms with E-state index in [0.29, 0.717) is 16.9 Å². The molecule has 0 saturated heterocycles. The van der Waals surface area contributed by atoms with Crippen LogP contribution in [0.25, 0.3) is 0 Å². The van der Waals surface area contributed by atoms with Gasteiger partial charge in [0.15, 0.2) is 6.20 Å². The summed E-state index contributed by atoms with van der Waals surface area (Å²) in [5.41, 5.74) is 1.32. The van der Waals surface area contributed by atoms with Gasteiger partial charge in [0, 0.05) is 31.8 Å². The van der Waals surface area contributed by atoms with Crippen molar-refractivity contribution in [2.45, 2.75) is 13.0 Å². The van der Waals surface area contributed by atoms with Gasteiger partial charge in [-0.15, -0.1) is 0 Å². The Morgan fingerprint density at radius 3 is 2.44 bits per heavy atom. The van der Waals surface area contributed by atoms with E-state index in [1.807, 2.05) is 6.07 Å². The lowest BCUT2D eigenvalue weighted by molar-refractivity contribution is -0.700. The van der Waals surface area contributed by atoms with Crippen LogP contribution in [0.2, 0.25) is 0 Å². The largest absolute Gasteiger partial charge is 0.462 e. The molecule has 0 N–H and O–H groups in total. The van der Waals surface area contributed by atoms with Gasteiger partial charge in [-0.1, -0.05) is 30.3 Å². The number of hydrogen-bond acceptors (Lipinski definition) is 5. The molecule has 1 aromatic heterocycles. The lowest BCUT2D eigenvalue weighted by Gasteiger charge is -2.21. The number of aromatic nitrogens is 1. The second-order valence-corrected chi connectivity index (χ2v) is 6.35. The molecule has 0 spiro atoms. The highest BCUT2D eigenvalue weighted by Gasteiger charge is 2.43. The van der Waals surface area contributed by atoms with E-state index < -0.39 is 17.8 Å². The zero-order valence-electron chi connectivity index (χ0n) is 15.5. The molecule has 6 nitrogen and oxygen atoms in total. The van der Waals surface area contributed by atoms with Crippen LogP contribution in [0.5, 0.6) is 0 Å². The summed E-state index contributed by atoms with van der Waals surface area (Å²) in [7, 11) is 3.61. The monoisotopic (exact) mass is 365 g/mol. The van der Waals surface area contributed by atoms with Crippen molar-refractivity contribution >= 4 is 23.2 Å². The molecule has 3 rings (SSSR count). The molecule has 1 atom stereocenters. The van der Waals surface area contributed by atoms with E-state index in [0.717, 1.165) is 0 Å². The Morgan fingerprint density at radius 2 is 1.81 bits per heavy atom. The van der Waals surface area contributed by atoms with Crippen molar-refractivity contribution in [1.82, 2.24) is 0 Å². The summed E-state index contributed by atoms with van der Waals surface area (Å²) < 4.78 is 6.66. The van der Waals surface area contributed by atoms with Crippen molar-refractivity contribution < 1.29 is 23.7 Å². The van der Waals surface area contributed by atoms with E-state index in [9.17, 15) is 14.4 Å². The van der Waals surface area contributed by atoms with Crippen molar-refractivity contribution in [2.75, 3.05) is 25.6 Å². The van der Waals surface area contributed by atoms with Crippen LogP contribution in [-0.4, -0.2) is 38.2 Å². The fraction of sp³-hybridized carbons (Fsp3) is 0.238. The summed E-state index contributed by atoms with van der Waals surface area (Å²) in [5.74, 6) is -1.37. The zero-order valence-corrected chi connectivity index (χ0v) is 15.5. The van der Waals surface area contributed by atoms with Crippen LogP contribution in [0, 0.1) is 0 Å². The van der Waals surface area contributed by atoms with Gasteiger partial charge < -0.3 is 9.64 Å². The number of hydrogen-bond donors (Lipinski definition) is 0. The smallest absolute Gasteiger partial charge is 0.342 e. The predicted octanol–water partition coefficient (Wildman–Crippen LogP) is 2.15. The molecule has 0 amide bonds. The van der Waals surface area contributed by atoms with Crippen molar-refractivity contribution in [3.05, 3.63) is 71.6 Å².